The highest BCUT2D eigenvalue weighted by molar-refractivity contribution is 7.10. The second kappa shape index (κ2) is 10.0. The minimum Gasteiger partial charge on any atom is -0.339 e. The van der Waals surface area contributed by atoms with Gasteiger partial charge in [0.1, 0.15) is 0 Å². The van der Waals surface area contributed by atoms with Crippen LogP contribution in [-0.2, 0) is 9.59 Å². The summed E-state index contributed by atoms with van der Waals surface area (Å²) in [5.41, 5.74) is 2.94. The van der Waals surface area contributed by atoms with Gasteiger partial charge in [0.15, 0.2) is 13.1 Å². The lowest BCUT2D eigenvalue weighted by atomic mass is 10.1. The molecule has 0 bridgehead atoms. The molecular weight excluding hydrogens is 382 g/mol. The maximum atomic E-state index is 12.7. The zero-order valence-electron chi connectivity index (χ0n) is 16.6. The molecule has 3 N–H and O–H groups in total. The summed E-state index contributed by atoms with van der Waals surface area (Å²) >= 11 is 1.61. The molecule has 0 saturated heterocycles. The predicted molar refractivity (Wildman–Crippen MR) is 117 cm³/mol. The monoisotopic (exact) mass is 408 g/mol. The molecule has 5 nitrogen and oxygen atoms in total. The van der Waals surface area contributed by atoms with Crippen LogP contribution < -0.4 is 15.5 Å². The van der Waals surface area contributed by atoms with Crippen LogP contribution in [0.25, 0.3) is 0 Å². The summed E-state index contributed by atoms with van der Waals surface area (Å²) in [5, 5.41) is 7.99. The summed E-state index contributed by atoms with van der Waals surface area (Å²) in [6, 6.07) is 21.4. The Morgan fingerprint density at radius 3 is 2.28 bits per heavy atom. The highest BCUT2D eigenvalue weighted by atomic mass is 32.1. The molecule has 150 valence electrons. The van der Waals surface area contributed by atoms with Gasteiger partial charge in [-0.3, -0.25) is 9.59 Å². The number of benzene rings is 2. The van der Waals surface area contributed by atoms with Crippen molar-refractivity contribution in [1.82, 2.24) is 5.32 Å². The number of anilines is 1. The van der Waals surface area contributed by atoms with Gasteiger partial charge in [-0.1, -0.05) is 54.1 Å². The first kappa shape index (κ1) is 20.8. The molecule has 29 heavy (non-hydrogen) atoms. The van der Waals surface area contributed by atoms with Gasteiger partial charge >= 0.3 is 0 Å². The average molecular weight is 409 g/mol. The van der Waals surface area contributed by atoms with E-state index in [1.807, 2.05) is 86.1 Å². The first-order valence-electron chi connectivity index (χ1n) is 9.57. The van der Waals surface area contributed by atoms with Gasteiger partial charge in [-0.25, -0.2) is 0 Å². The van der Waals surface area contributed by atoms with Crippen molar-refractivity contribution in [2.75, 3.05) is 25.5 Å². The average Bonchev–Trinajstić information content (AvgIpc) is 3.23. The topological polar surface area (TPSA) is 62.6 Å². The molecule has 0 aliphatic rings. The number of hydrogen-bond acceptors (Lipinski definition) is 3. The molecule has 0 spiro atoms. The third kappa shape index (κ3) is 6.27. The summed E-state index contributed by atoms with van der Waals surface area (Å²) in [5.74, 6) is -0.204. The second-order valence-electron chi connectivity index (χ2n) is 7.15. The van der Waals surface area contributed by atoms with E-state index in [1.165, 1.54) is 0 Å². The molecule has 0 fully saturated rings. The summed E-state index contributed by atoms with van der Waals surface area (Å²) < 4.78 is 0. The number of likely N-dealkylation sites (N-methyl/N-ethyl adjacent to an activating group) is 1. The Hall–Kier alpha value is -2.96. The summed E-state index contributed by atoms with van der Waals surface area (Å²) in [7, 11) is 1.84. The van der Waals surface area contributed by atoms with Gasteiger partial charge in [0.05, 0.1) is 13.1 Å². The van der Waals surface area contributed by atoms with Crippen LogP contribution in [0, 0.1) is 6.92 Å². The number of quaternary nitrogens is 1. The second-order valence-corrected chi connectivity index (χ2v) is 8.13. The van der Waals surface area contributed by atoms with Gasteiger partial charge in [-0.05, 0) is 36.1 Å². The van der Waals surface area contributed by atoms with Gasteiger partial charge in [0.25, 0.3) is 11.8 Å². The van der Waals surface area contributed by atoms with Crippen molar-refractivity contribution < 1.29 is 14.5 Å². The Kier molecular flexibility index (Phi) is 7.16. The number of aryl methyl sites for hydroxylation is 1. The standard InChI is InChI=1S/C23H25N3O2S/c1-17-10-12-19(13-11-17)24-21(27)15-26(2)16-22(28)25-23(20-9-6-14-29-20)18-7-4-3-5-8-18/h3-14,23H,15-16H2,1-2H3,(H,24,27)(H,25,28)/p+1/t23-/m1/s1. The number of carbonyl (C=O) groups is 2. The zero-order chi connectivity index (χ0) is 20.6. The molecule has 0 aliphatic carbocycles. The first-order chi connectivity index (χ1) is 14.0. The smallest absolute Gasteiger partial charge is 0.279 e. The fraction of sp³-hybridized carbons (Fsp3) is 0.217. The molecule has 3 rings (SSSR count). The van der Waals surface area contributed by atoms with Crippen molar-refractivity contribution in [1.29, 1.82) is 0 Å². The summed E-state index contributed by atoms with van der Waals surface area (Å²) in [4.78, 5) is 26.8. The van der Waals surface area contributed by atoms with Gasteiger partial charge in [-0.2, -0.15) is 0 Å². The van der Waals surface area contributed by atoms with Crippen molar-refractivity contribution in [2.45, 2.75) is 13.0 Å². The molecule has 2 amide bonds. The molecule has 3 aromatic rings. The molecule has 1 unspecified atom stereocenters. The van der Waals surface area contributed by atoms with Gasteiger partial charge in [-0.15, -0.1) is 11.3 Å². The zero-order valence-corrected chi connectivity index (χ0v) is 17.5. The maximum Gasteiger partial charge on any atom is 0.279 e. The normalized spacial score (nSPS) is 12.8. The molecule has 6 heteroatoms. The van der Waals surface area contributed by atoms with E-state index >= 15 is 0 Å². The third-order valence-corrected chi connectivity index (χ3v) is 5.46. The number of rotatable bonds is 8. The van der Waals surface area contributed by atoms with Crippen molar-refractivity contribution in [3.8, 4) is 0 Å². The van der Waals surface area contributed by atoms with Crippen molar-refractivity contribution in [3.05, 3.63) is 88.1 Å². The van der Waals surface area contributed by atoms with E-state index in [1.54, 1.807) is 11.3 Å². The Bertz CT molecular complexity index is 925. The fourth-order valence-electron chi connectivity index (χ4n) is 3.08. The Balaban J connectivity index is 1.55. The van der Waals surface area contributed by atoms with E-state index in [-0.39, 0.29) is 30.9 Å². The minimum absolute atomic E-state index is 0.0899. The van der Waals surface area contributed by atoms with E-state index in [0.717, 1.165) is 26.6 Å². The largest absolute Gasteiger partial charge is 0.339 e. The van der Waals surface area contributed by atoms with E-state index in [9.17, 15) is 9.59 Å². The Morgan fingerprint density at radius 1 is 0.931 bits per heavy atom. The van der Waals surface area contributed by atoms with Crippen LogP contribution in [0.3, 0.4) is 0 Å². The first-order valence-corrected chi connectivity index (χ1v) is 10.4. The molecule has 1 aromatic heterocycles. The predicted octanol–water partition coefficient (Wildman–Crippen LogP) is 2.42. The molecule has 0 radical (unpaired) electrons. The number of hydrogen-bond donors (Lipinski definition) is 3. The molecule has 2 aromatic carbocycles. The third-order valence-electron chi connectivity index (χ3n) is 4.53. The molecule has 2 atom stereocenters. The lowest BCUT2D eigenvalue weighted by molar-refractivity contribution is -0.862. The van der Waals surface area contributed by atoms with Crippen LogP contribution in [0.2, 0.25) is 0 Å². The molecule has 1 heterocycles. The number of nitrogens with one attached hydrogen (secondary N) is 3. The highest BCUT2D eigenvalue weighted by Crippen LogP contribution is 2.25. The van der Waals surface area contributed by atoms with Crippen molar-refractivity contribution in [3.63, 3.8) is 0 Å². The van der Waals surface area contributed by atoms with Gasteiger partial charge in [0, 0.05) is 10.6 Å². The maximum absolute atomic E-state index is 12.7. The number of thiophene rings is 1. The van der Waals surface area contributed by atoms with Gasteiger partial charge in [0.2, 0.25) is 0 Å². The van der Waals surface area contributed by atoms with Crippen LogP contribution in [0.15, 0.2) is 72.1 Å². The lowest BCUT2D eigenvalue weighted by Gasteiger charge is -2.19. The van der Waals surface area contributed by atoms with Crippen molar-refractivity contribution >= 4 is 28.8 Å². The van der Waals surface area contributed by atoms with Crippen LogP contribution in [0.1, 0.15) is 22.0 Å². The van der Waals surface area contributed by atoms with E-state index in [2.05, 4.69) is 10.6 Å². The fourth-order valence-corrected chi connectivity index (χ4v) is 3.89. The Labute approximate surface area is 175 Å². The number of carbonyl (C=O) groups excluding carboxylic acids is 2. The van der Waals surface area contributed by atoms with Crippen LogP contribution in [-0.4, -0.2) is 32.0 Å². The molecule has 0 saturated carbocycles. The van der Waals surface area contributed by atoms with Crippen molar-refractivity contribution in [2.24, 2.45) is 0 Å². The van der Waals surface area contributed by atoms with E-state index in [4.69, 9.17) is 0 Å². The van der Waals surface area contributed by atoms with Crippen LogP contribution >= 0.6 is 11.3 Å². The molecule has 0 aliphatic heterocycles. The van der Waals surface area contributed by atoms with E-state index in [0.29, 0.717) is 0 Å². The highest BCUT2D eigenvalue weighted by Gasteiger charge is 2.20. The lowest BCUT2D eigenvalue weighted by Crippen LogP contribution is -3.11. The molecular formula is C23H26N3O2S+. The SMILES string of the molecule is Cc1ccc(NC(=O)C[NH+](C)CC(=O)N[C@H](c2ccccc2)c2cccs2)cc1. The van der Waals surface area contributed by atoms with Gasteiger partial charge < -0.3 is 15.5 Å². The number of amides is 2. The minimum atomic E-state index is -0.183. The van der Waals surface area contributed by atoms with Crippen LogP contribution in [0.4, 0.5) is 5.69 Å². The Morgan fingerprint density at radius 2 is 1.62 bits per heavy atom. The summed E-state index contributed by atoms with van der Waals surface area (Å²) in [6.07, 6.45) is 0. The summed E-state index contributed by atoms with van der Waals surface area (Å²) in [6.45, 7) is 2.44. The quantitative estimate of drug-likeness (QED) is 0.536. The van der Waals surface area contributed by atoms with E-state index < -0.39 is 0 Å². The van der Waals surface area contributed by atoms with Crippen LogP contribution in [0.5, 0.6) is 0 Å².